The molecule has 7 unspecified atom stereocenters. The molecular weight excluding hydrogens is 716 g/mol. The van der Waals surface area contributed by atoms with Crippen molar-refractivity contribution in [3.05, 3.63) is 0 Å². The molecular formula is C35H66N4O15. The van der Waals surface area contributed by atoms with Crippen LogP contribution in [0, 0.1) is 0 Å². The molecule has 19 heteroatoms. The van der Waals surface area contributed by atoms with Crippen LogP contribution in [0.1, 0.15) is 89.9 Å². The van der Waals surface area contributed by atoms with Gasteiger partial charge in [0.2, 0.25) is 17.7 Å². The SMILES string of the molecule is NCCCCCC(=O)NC(CCC(=O)NCCCCCCO[C@H]1O[C@H](CO)C(O)C(O)C1O)C(=O)NCCCCCCO[C@H]1O[C@H](CO)C(O)C(O)C1O. The van der Waals surface area contributed by atoms with Crippen molar-refractivity contribution in [3.8, 4) is 0 Å². The molecule has 0 spiro atoms. The van der Waals surface area contributed by atoms with E-state index in [0.29, 0.717) is 51.7 Å². The van der Waals surface area contributed by atoms with Crippen LogP contribution in [-0.2, 0) is 33.3 Å². The highest BCUT2D eigenvalue weighted by atomic mass is 16.7. The maximum atomic E-state index is 13.0. The second kappa shape index (κ2) is 27.5. The molecule has 2 aliphatic rings. The Labute approximate surface area is 316 Å². The van der Waals surface area contributed by atoms with Gasteiger partial charge < -0.3 is 81.5 Å². The van der Waals surface area contributed by atoms with Gasteiger partial charge in [-0.1, -0.05) is 32.1 Å². The highest BCUT2D eigenvalue weighted by molar-refractivity contribution is 5.88. The number of hydrogen-bond donors (Lipinski definition) is 12. The summed E-state index contributed by atoms with van der Waals surface area (Å²) in [5, 5.41) is 86.5. The molecule has 0 aromatic carbocycles. The maximum Gasteiger partial charge on any atom is 0.242 e. The molecule has 2 rings (SSSR count). The number of amides is 3. The molecule has 13 N–H and O–H groups in total. The van der Waals surface area contributed by atoms with Crippen molar-refractivity contribution >= 4 is 17.7 Å². The van der Waals surface area contributed by atoms with Gasteiger partial charge in [0.05, 0.1) is 13.2 Å². The van der Waals surface area contributed by atoms with Crippen LogP contribution in [0.25, 0.3) is 0 Å². The van der Waals surface area contributed by atoms with Gasteiger partial charge >= 0.3 is 0 Å². The smallest absolute Gasteiger partial charge is 0.242 e. The molecule has 19 nitrogen and oxygen atoms in total. The first-order chi connectivity index (χ1) is 25.9. The van der Waals surface area contributed by atoms with E-state index in [0.717, 1.165) is 38.5 Å². The second-order valence-electron chi connectivity index (χ2n) is 13.9. The fraction of sp³-hybridized carbons (Fsp3) is 0.914. The molecule has 0 aliphatic carbocycles. The lowest BCUT2D eigenvalue weighted by atomic mass is 9.99. The Morgan fingerprint density at radius 3 is 1.56 bits per heavy atom. The lowest BCUT2D eigenvalue weighted by Crippen LogP contribution is -2.59. The summed E-state index contributed by atoms with van der Waals surface area (Å²) < 4.78 is 21.6. The molecule has 0 aromatic heterocycles. The Hall–Kier alpha value is -2.11. The summed E-state index contributed by atoms with van der Waals surface area (Å²) in [6.07, 6.45) is -5.03. The van der Waals surface area contributed by atoms with E-state index in [-0.39, 0.29) is 50.2 Å². The number of carbonyl (C=O) groups is 3. The van der Waals surface area contributed by atoms with Crippen molar-refractivity contribution in [2.45, 2.75) is 157 Å². The Bertz CT molecular complexity index is 1040. The summed E-state index contributed by atoms with van der Waals surface area (Å²) in [7, 11) is 0. The monoisotopic (exact) mass is 782 g/mol. The summed E-state index contributed by atoms with van der Waals surface area (Å²) in [6, 6.07) is -0.881. The number of hydrogen-bond acceptors (Lipinski definition) is 16. The quantitative estimate of drug-likeness (QED) is 0.0347. The summed E-state index contributed by atoms with van der Waals surface area (Å²) in [5.74, 6) is -0.903. The molecule has 0 radical (unpaired) electrons. The van der Waals surface area contributed by atoms with Crippen molar-refractivity contribution in [2.24, 2.45) is 5.73 Å². The number of nitrogens with one attached hydrogen (secondary N) is 3. The third-order valence-corrected chi connectivity index (χ3v) is 9.44. The summed E-state index contributed by atoms with van der Waals surface area (Å²) >= 11 is 0. The maximum absolute atomic E-state index is 13.0. The Morgan fingerprint density at radius 2 is 1.06 bits per heavy atom. The number of ether oxygens (including phenoxy) is 4. The second-order valence-corrected chi connectivity index (χ2v) is 13.9. The van der Waals surface area contributed by atoms with Gasteiger partial charge in [-0.05, 0) is 51.5 Å². The zero-order chi connectivity index (χ0) is 39.9. The van der Waals surface area contributed by atoms with Crippen LogP contribution in [-0.4, -0.2) is 172 Å². The molecule has 0 aromatic rings. The standard InChI is InChI=1S/C35H66N4O15/c36-15-7-5-6-12-26(43)39-22(33(50)38-17-9-2-4-11-19-52-35-32(49)30(47)28(45)24(21-41)54-35)13-14-25(42)37-16-8-1-3-10-18-51-34-31(48)29(46)27(44)23(20-40)53-34/h22-24,27-32,34-35,40-41,44-49H,1-21,36H2,(H,37,42)(H,38,50)(H,39,43)/t22?,23-,24-,27?,28?,29?,30?,31?,32?,34+,35+/m1/s1. The normalized spacial score (nSPS) is 29.1. The van der Waals surface area contributed by atoms with Crippen molar-refractivity contribution in [1.82, 2.24) is 16.0 Å². The van der Waals surface area contributed by atoms with E-state index in [4.69, 9.17) is 24.7 Å². The molecule has 316 valence electrons. The van der Waals surface area contributed by atoms with Gasteiger partial charge in [-0.3, -0.25) is 14.4 Å². The highest BCUT2D eigenvalue weighted by Gasteiger charge is 2.45. The third kappa shape index (κ3) is 17.4. The van der Waals surface area contributed by atoms with E-state index in [1.807, 2.05) is 0 Å². The third-order valence-electron chi connectivity index (χ3n) is 9.44. The predicted molar refractivity (Wildman–Crippen MR) is 191 cm³/mol. The van der Waals surface area contributed by atoms with Crippen molar-refractivity contribution in [1.29, 1.82) is 0 Å². The van der Waals surface area contributed by atoms with E-state index < -0.39 is 80.7 Å². The number of carbonyl (C=O) groups excluding carboxylic acids is 3. The molecule has 54 heavy (non-hydrogen) atoms. The molecule has 2 aliphatic heterocycles. The average Bonchev–Trinajstić information content (AvgIpc) is 3.16. The van der Waals surface area contributed by atoms with Crippen LogP contribution in [0.4, 0.5) is 0 Å². The minimum atomic E-state index is -1.50. The van der Waals surface area contributed by atoms with Gasteiger partial charge in [0, 0.05) is 39.1 Å². The number of rotatable bonds is 28. The lowest BCUT2D eigenvalue weighted by molar-refractivity contribution is -0.301. The molecule has 2 heterocycles. The lowest BCUT2D eigenvalue weighted by Gasteiger charge is -2.39. The minimum Gasteiger partial charge on any atom is -0.394 e. The highest BCUT2D eigenvalue weighted by Crippen LogP contribution is 2.23. The molecule has 11 atom stereocenters. The van der Waals surface area contributed by atoms with Gasteiger partial charge in [-0.2, -0.15) is 0 Å². The number of aliphatic hydroxyl groups excluding tert-OH is 8. The fourth-order valence-corrected chi connectivity index (χ4v) is 6.04. The molecule has 2 fully saturated rings. The number of unbranched alkanes of at least 4 members (excludes halogenated alkanes) is 8. The summed E-state index contributed by atoms with van der Waals surface area (Å²) in [4.78, 5) is 38.2. The molecule has 3 amide bonds. The van der Waals surface area contributed by atoms with Gasteiger partial charge in [0.15, 0.2) is 12.6 Å². The van der Waals surface area contributed by atoms with Crippen LogP contribution in [0.3, 0.4) is 0 Å². The van der Waals surface area contributed by atoms with E-state index in [9.17, 15) is 55.2 Å². The molecule has 0 bridgehead atoms. The van der Waals surface area contributed by atoms with Gasteiger partial charge in [0.25, 0.3) is 0 Å². The van der Waals surface area contributed by atoms with E-state index in [1.54, 1.807) is 0 Å². The van der Waals surface area contributed by atoms with E-state index in [1.165, 1.54) is 0 Å². The molecule has 2 saturated heterocycles. The van der Waals surface area contributed by atoms with Crippen molar-refractivity contribution in [2.75, 3.05) is 46.1 Å². The Balaban J connectivity index is 1.64. The summed E-state index contributed by atoms with van der Waals surface area (Å²) in [5.41, 5.74) is 5.52. The van der Waals surface area contributed by atoms with Crippen LogP contribution < -0.4 is 21.7 Å². The summed E-state index contributed by atoms with van der Waals surface area (Å²) in [6.45, 7) is 0.675. The van der Waals surface area contributed by atoms with Crippen LogP contribution in [0.5, 0.6) is 0 Å². The Kier molecular flexibility index (Phi) is 24.4. The van der Waals surface area contributed by atoms with Crippen LogP contribution in [0.15, 0.2) is 0 Å². The van der Waals surface area contributed by atoms with Gasteiger partial charge in [0.1, 0.15) is 54.9 Å². The predicted octanol–water partition coefficient (Wildman–Crippen LogP) is -3.24. The first-order valence-electron chi connectivity index (χ1n) is 19.3. The largest absolute Gasteiger partial charge is 0.394 e. The number of nitrogens with two attached hydrogens (primary N) is 1. The van der Waals surface area contributed by atoms with Crippen molar-refractivity contribution < 1.29 is 74.2 Å². The zero-order valence-electron chi connectivity index (χ0n) is 31.2. The average molecular weight is 783 g/mol. The topological polar surface area (TPSA) is 312 Å². The van der Waals surface area contributed by atoms with Crippen LogP contribution in [0.2, 0.25) is 0 Å². The Morgan fingerprint density at radius 1 is 0.574 bits per heavy atom. The van der Waals surface area contributed by atoms with Gasteiger partial charge in [-0.25, -0.2) is 0 Å². The number of aliphatic hydroxyl groups is 8. The first-order valence-corrected chi connectivity index (χ1v) is 19.3. The van der Waals surface area contributed by atoms with Gasteiger partial charge in [-0.15, -0.1) is 0 Å². The van der Waals surface area contributed by atoms with E-state index >= 15 is 0 Å². The minimum absolute atomic E-state index is 0.0346. The van der Waals surface area contributed by atoms with E-state index in [2.05, 4.69) is 16.0 Å². The van der Waals surface area contributed by atoms with Crippen LogP contribution >= 0.6 is 0 Å². The molecule has 0 saturated carbocycles. The van der Waals surface area contributed by atoms with Crippen molar-refractivity contribution in [3.63, 3.8) is 0 Å². The zero-order valence-corrected chi connectivity index (χ0v) is 31.2. The fourth-order valence-electron chi connectivity index (χ4n) is 6.04. The first kappa shape index (κ1) is 48.0.